The number of hydrogen-bond acceptors (Lipinski definition) is 2. The highest BCUT2D eigenvalue weighted by molar-refractivity contribution is 6.15. The van der Waals surface area contributed by atoms with Gasteiger partial charge in [-0.3, -0.25) is 4.79 Å². The molecule has 3 nitrogen and oxygen atoms in total. The van der Waals surface area contributed by atoms with Crippen LogP contribution in [0.25, 0.3) is 0 Å². The van der Waals surface area contributed by atoms with Crippen LogP contribution in [0.5, 0.6) is 0 Å². The van der Waals surface area contributed by atoms with Crippen molar-refractivity contribution in [3.05, 3.63) is 71.5 Å². The van der Waals surface area contributed by atoms with Crippen LogP contribution in [0.1, 0.15) is 17.2 Å². The van der Waals surface area contributed by atoms with Crippen LogP contribution in [0.3, 0.4) is 0 Å². The Morgan fingerprint density at radius 1 is 1.19 bits per heavy atom. The van der Waals surface area contributed by atoms with E-state index >= 15 is 0 Å². The summed E-state index contributed by atoms with van der Waals surface area (Å²) >= 11 is 5.72. The SMILES string of the molecule is CN(Cc1ccc(F)cc1)C(=O)[C@@H](NCl)c1ccccc1. The van der Waals surface area contributed by atoms with Gasteiger partial charge in [-0.25, -0.2) is 9.23 Å². The summed E-state index contributed by atoms with van der Waals surface area (Å²) in [4.78, 5) is 16.5. The van der Waals surface area contributed by atoms with Crippen molar-refractivity contribution in [2.24, 2.45) is 0 Å². The van der Waals surface area contributed by atoms with Crippen molar-refractivity contribution in [1.29, 1.82) is 0 Å². The van der Waals surface area contributed by atoms with E-state index in [-0.39, 0.29) is 11.7 Å². The minimum Gasteiger partial charge on any atom is -0.340 e. The van der Waals surface area contributed by atoms with Gasteiger partial charge in [-0.05, 0) is 35.0 Å². The van der Waals surface area contributed by atoms with E-state index in [4.69, 9.17) is 11.8 Å². The Bertz CT molecular complexity index is 589. The van der Waals surface area contributed by atoms with E-state index in [0.717, 1.165) is 11.1 Å². The monoisotopic (exact) mass is 306 g/mol. The third kappa shape index (κ3) is 4.03. The molecule has 1 atom stereocenters. The molecule has 5 heteroatoms. The normalized spacial score (nSPS) is 12.0. The molecule has 0 radical (unpaired) electrons. The predicted molar refractivity (Wildman–Crippen MR) is 81.0 cm³/mol. The molecule has 0 unspecified atom stereocenters. The fraction of sp³-hybridized carbons (Fsp3) is 0.188. The number of likely N-dealkylation sites (N-methyl/N-ethyl adjacent to an activating group) is 1. The van der Waals surface area contributed by atoms with Crippen molar-refractivity contribution in [3.63, 3.8) is 0 Å². The van der Waals surface area contributed by atoms with Crippen LogP contribution >= 0.6 is 11.8 Å². The first-order valence-corrected chi connectivity index (χ1v) is 6.90. The van der Waals surface area contributed by atoms with Crippen LogP contribution in [-0.2, 0) is 11.3 Å². The first kappa shape index (κ1) is 15.5. The van der Waals surface area contributed by atoms with E-state index in [1.54, 1.807) is 24.1 Å². The number of carbonyl (C=O) groups is 1. The van der Waals surface area contributed by atoms with Gasteiger partial charge < -0.3 is 4.90 Å². The molecule has 0 saturated heterocycles. The highest BCUT2D eigenvalue weighted by Gasteiger charge is 2.22. The van der Waals surface area contributed by atoms with Gasteiger partial charge in [-0.1, -0.05) is 42.5 Å². The lowest BCUT2D eigenvalue weighted by Crippen LogP contribution is -2.35. The number of hydrogen-bond donors (Lipinski definition) is 1. The van der Waals surface area contributed by atoms with Crippen LogP contribution in [0.4, 0.5) is 4.39 Å². The summed E-state index contributed by atoms with van der Waals surface area (Å²) in [5.41, 5.74) is 1.65. The molecule has 2 aromatic carbocycles. The van der Waals surface area contributed by atoms with E-state index in [1.807, 2.05) is 30.3 Å². The molecule has 0 fully saturated rings. The van der Waals surface area contributed by atoms with Gasteiger partial charge in [0.2, 0.25) is 5.91 Å². The lowest BCUT2D eigenvalue weighted by Gasteiger charge is -2.23. The zero-order valence-corrected chi connectivity index (χ0v) is 12.3. The van der Waals surface area contributed by atoms with E-state index in [2.05, 4.69) is 4.84 Å². The van der Waals surface area contributed by atoms with Crippen LogP contribution in [-0.4, -0.2) is 17.9 Å². The van der Waals surface area contributed by atoms with Crippen molar-refractivity contribution in [2.75, 3.05) is 7.05 Å². The molecule has 0 spiro atoms. The van der Waals surface area contributed by atoms with E-state index in [0.29, 0.717) is 6.54 Å². The summed E-state index contributed by atoms with van der Waals surface area (Å²) in [6.07, 6.45) is 0. The number of nitrogens with zero attached hydrogens (tertiary/aromatic N) is 1. The molecule has 1 amide bonds. The molecule has 1 N–H and O–H groups in total. The molecule has 110 valence electrons. The van der Waals surface area contributed by atoms with Gasteiger partial charge in [-0.15, -0.1) is 0 Å². The zero-order chi connectivity index (χ0) is 15.2. The van der Waals surface area contributed by atoms with E-state index < -0.39 is 6.04 Å². The van der Waals surface area contributed by atoms with Gasteiger partial charge in [-0.2, -0.15) is 0 Å². The zero-order valence-electron chi connectivity index (χ0n) is 11.6. The summed E-state index contributed by atoms with van der Waals surface area (Å²) < 4.78 is 12.9. The molecular formula is C16H16ClFN2O. The minimum atomic E-state index is -0.613. The average Bonchev–Trinajstić information content (AvgIpc) is 2.51. The first-order chi connectivity index (χ1) is 10.1. The van der Waals surface area contributed by atoms with Crippen molar-refractivity contribution in [3.8, 4) is 0 Å². The number of benzene rings is 2. The molecule has 0 saturated carbocycles. The first-order valence-electron chi connectivity index (χ1n) is 6.52. The van der Waals surface area contributed by atoms with Crippen LogP contribution in [0.15, 0.2) is 54.6 Å². The second-order valence-electron chi connectivity index (χ2n) is 4.77. The molecule has 2 aromatic rings. The summed E-state index contributed by atoms with van der Waals surface area (Å²) in [6.45, 7) is 0.390. The Morgan fingerprint density at radius 3 is 2.38 bits per heavy atom. The summed E-state index contributed by atoms with van der Waals surface area (Å²) in [5.74, 6) is -0.446. The van der Waals surface area contributed by atoms with E-state index in [9.17, 15) is 9.18 Å². The third-order valence-electron chi connectivity index (χ3n) is 3.20. The van der Waals surface area contributed by atoms with Crippen LogP contribution in [0.2, 0.25) is 0 Å². The number of carbonyl (C=O) groups excluding carboxylic acids is 1. The number of halogens is 2. The highest BCUT2D eigenvalue weighted by Crippen LogP contribution is 2.17. The van der Waals surface area contributed by atoms with E-state index in [1.165, 1.54) is 12.1 Å². The lowest BCUT2D eigenvalue weighted by molar-refractivity contribution is -0.132. The summed E-state index contributed by atoms with van der Waals surface area (Å²) in [7, 11) is 1.69. The Kier molecular flexibility index (Phi) is 5.31. The Morgan fingerprint density at radius 2 is 1.81 bits per heavy atom. The number of amides is 1. The van der Waals surface area contributed by atoms with Crippen molar-refractivity contribution in [1.82, 2.24) is 9.74 Å². The second-order valence-corrected chi connectivity index (χ2v) is 4.99. The largest absolute Gasteiger partial charge is 0.340 e. The number of nitrogens with one attached hydrogen (secondary N) is 1. The minimum absolute atomic E-state index is 0.152. The summed E-state index contributed by atoms with van der Waals surface area (Å²) in [6, 6.07) is 14.7. The molecule has 0 aliphatic rings. The van der Waals surface area contributed by atoms with Crippen molar-refractivity contribution >= 4 is 17.7 Å². The average molecular weight is 307 g/mol. The van der Waals surface area contributed by atoms with Crippen molar-refractivity contribution < 1.29 is 9.18 Å². The quantitative estimate of drug-likeness (QED) is 0.860. The lowest BCUT2D eigenvalue weighted by atomic mass is 10.1. The smallest absolute Gasteiger partial charge is 0.245 e. The van der Waals surface area contributed by atoms with Crippen molar-refractivity contribution in [2.45, 2.75) is 12.6 Å². The van der Waals surface area contributed by atoms with Crippen LogP contribution in [0, 0.1) is 5.82 Å². The number of rotatable bonds is 5. The second kappa shape index (κ2) is 7.20. The maximum atomic E-state index is 12.9. The fourth-order valence-electron chi connectivity index (χ4n) is 2.06. The molecule has 0 heterocycles. The molecule has 0 bridgehead atoms. The topological polar surface area (TPSA) is 32.3 Å². The van der Waals surface area contributed by atoms with Gasteiger partial charge >= 0.3 is 0 Å². The molecule has 0 aromatic heterocycles. The Hall–Kier alpha value is -1.91. The highest BCUT2D eigenvalue weighted by atomic mass is 35.5. The maximum Gasteiger partial charge on any atom is 0.245 e. The van der Waals surface area contributed by atoms with Gasteiger partial charge in [0.05, 0.1) is 0 Å². The molecule has 2 rings (SSSR count). The van der Waals surface area contributed by atoms with Gasteiger partial charge in [0.1, 0.15) is 11.9 Å². The Balaban J connectivity index is 2.08. The summed E-state index contributed by atoms with van der Waals surface area (Å²) in [5, 5.41) is 0. The van der Waals surface area contributed by atoms with Gasteiger partial charge in [0, 0.05) is 13.6 Å². The molecule has 0 aliphatic carbocycles. The molecular weight excluding hydrogens is 291 g/mol. The molecule has 0 aliphatic heterocycles. The van der Waals surface area contributed by atoms with Gasteiger partial charge in [0.15, 0.2) is 0 Å². The van der Waals surface area contributed by atoms with Crippen LogP contribution < -0.4 is 4.84 Å². The molecule has 21 heavy (non-hydrogen) atoms. The Labute approximate surface area is 128 Å². The standard InChI is InChI=1S/C16H16ClFN2O/c1-20(11-12-7-9-14(18)10-8-12)16(21)15(19-17)13-5-3-2-4-6-13/h2-10,15,19H,11H2,1H3/t15-/m0/s1. The predicted octanol–water partition coefficient (Wildman–Crippen LogP) is 3.27. The third-order valence-corrected chi connectivity index (χ3v) is 3.42. The fourth-order valence-corrected chi connectivity index (χ4v) is 2.28. The maximum absolute atomic E-state index is 12.9. The van der Waals surface area contributed by atoms with Gasteiger partial charge in [0.25, 0.3) is 0 Å².